The molecule has 3 aromatic heterocycles. The number of anilines is 4. The van der Waals surface area contributed by atoms with Crippen LogP contribution < -0.4 is 10.6 Å². The number of aryl methyl sites for hydroxylation is 2. The van der Waals surface area contributed by atoms with Crippen molar-refractivity contribution in [2.45, 2.75) is 13.8 Å². The van der Waals surface area contributed by atoms with Crippen LogP contribution in [0.15, 0.2) is 85.3 Å². The van der Waals surface area contributed by atoms with E-state index in [0.717, 1.165) is 51.1 Å². The molecule has 34 heavy (non-hydrogen) atoms. The first-order valence-corrected chi connectivity index (χ1v) is 11.1. The molecule has 0 radical (unpaired) electrons. The van der Waals surface area contributed by atoms with E-state index in [1.165, 1.54) is 0 Å². The van der Waals surface area contributed by atoms with Crippen LogP contribution >= 0.6 is 11.6 Å². The van der Waals surface area contributed by atoms with Crippen LogP contribution in [0.3, 0.4) is 0 Å². The first kappa shape index (κ1) is 21.6. The third kappa shape index (κ3) is 4.89. The summed E-state index contributed by atoms with van der Waals surface area (Å²) in [7, 11) is 0. The molecule has 5 rings (SSSR count). The number of nitrogens with zero attached hydrogens (tertiary/aromatic N) is 5. The van der Waals surface area contributed by atoms with Crippen LogP contribution in [0.25, 0.3) is 16.9 Å². The van der Waals surface area contributed by atoms with Gasteiger partial charge in [-0.15, -0.1) is 5.10 Å². The zero-order chi connectivity index (χ0) is 23.5. The van der Waals surface area contributed by atoms with Gasteiger partial charge in [-0.25, -0.2) is 4.68 Å². The zero-order valence-electron chi connectivity index (χ0n) is 18.7. The van der Waals surface area contributed by atoms with Gasteiger partial charge in [-0.1, -0.05) is 28.9 Å². The molecule has 0 amide bonds. The Kier molecular flexibility index (Phi) is 5.93. The molecule has 2 N–H and O–H groups in total. The Balaban J connectivity index is 1.28. The fraction of sp³-hybridized carbons (Fsp3) is 0.0769. The number of pyridine rings is 2. The Morgan fingerprint density at radius 1 is 0.765 bits per heavy atom. The molecule has 0 atom stereocenters. The molecule has 0 spiro atoms. The van der Waals surface area contributed by atoms with Crippen molar-refractivity contribution in [2.24, 2.45) is 0 Å². The lowest BCUT2D eigenvalue weighted by atomic mass is 10.1. The number of nitrogens with one attached hydrogen (secondary N) is 2. The maximum atomic E-state index is 6.24. The Bertz CT molecular complexity index is 1430. The van der Waals surface area contributed by atoms with Gasteiger partial charge in [-0.05, 0) is 68.4 Å². The van der Waals surface area contributed by atoms with Crippen molar-refractivity contribution >= 4 is 34.4 Å². The molecule has 0 aliphatic heterocycles. The molecule has 0 saturated heterocycles. The van der Waals surface area contributed by atoms with E-state index in [0.29, 0.717) is 5.02 Å². The standard InChI is InChI=1S/C26H22ClN7/c1-17-13-22(11-12-28-17)30-20-5-3-19(4-6-20)26-16-34(33-32-26)23-9-7-21(8-10-23)31-25-14-18(2)29-15-24(25)27/h3-16H,1-2H3,(H,28,30)(H,29,31). The molecule has 2 aromatic carbocycles. The third-order valence-corrected chi connectivity index (χ3v) is 5.56. The summed E-state index contributed by atoms with van der Waals surface area (Å²) < 4.78 is 1.76. The lowest BCUT2D eigenvalue weighted by Crippen LogP contribution is -1.97. The van der Waals surface area contributed by atoms with E-state index in [1.54, 1.807) is 17.1 Å². The molecule has 8 heteroatoms. The van der Waals surface area contributed by atoms with Crippen LogP contribution in [-0.4, -0.2) is 25.0 Å². The van der Waals surface area contributed by atoms with Crippen molar-refractivity contribution < 1.29 is 0 Å². The van der Waals surface area contributed by atoms with E-state index in [4.69, 9.17) is 11.6 Å². The molecular weight excluding hydrogens is 446 g/mol. The largest absolute Gasteiger partial charge is 0.355 e. The van der Waals surface area contributed by atoms with Gasteiger partial charge in [0.05, 0.1) is 22.6 Å². The van der Waals surface area contributed by atoms with Gasteiger partial charge in [0, 0.05) is 46.4 Å². The molecule has 0 bridgehead atoms. The van der Waals surface area contributed by atoms with Crippen molar-refractivity contribution in [3.05, 3.63) is 102 Å². The molecule has 0 saturated carbocycles. The maximum absolute atomic E-state index is 6.24. The highest BCUT2D eigenvalue weighted by Crippen LogP contribution is 2.26. The minimum absolute atomic E-state index is 0.577. The number of hydrogen-bond acceptors (Lipinski definition) is 6. The van der Waals surface area contributed by atoms with E-state index in [2.05, 4.69) is 30.9 Å². The van der Waals surface area contributed by atoms with E-state index >= 15 is 0 Å². The molecular formula is C26H22ClN7. The van der Waals surface area contributed by atoms with Gasteiger partial charge in [-0.2, -0.15) is 0 Å². The van der Waals surface area contributed by atoms with Crippen LogP contribution in [-0.2, 0) is 0 Å². The smallest absolute Gasteiger partial charge is 0.113 e. The average molecular weight is 468 g/mol. The van der Waals surface area contributed by atoms with E-state index in [1.807, 2.05) is 86.8 Å². The first-order chi connectivity index (χ1) is 16.5. The highest BCUT2D eigenvalue weighted by molar-refractivity contribution is 6.33. The lowest BCUT2D eigenvalue weighted by molar-refractivity contribution is 0.804. The molecule has 3 heterocycles. The maximum Gasteiger partial charge on any atom is 0.113 e. The quantitative estimate of drug-likeness (QED) is 0.297. The molecule has 0 aliphatic rings. The summed E-state index contributed by atoms with van der Waals surface area (Å²) in [4.78, 5) is 8.42. The normalized spacial score (nSPS) is 10.8. The Labute approximate surface area is 202 Å². The van der Waals surface area contributed by atoms with Crippen LogP contribution in [0.4, 0.5) is 22.7 Å². The summed E-state index contributed by atoms with van der Waals surface area (Å²) in [5, 5.41) is 15.9. The Morgan fingerprint density at radius 3 is 2.24 bits per heavy atom. The fourth-order valence-electron chi connectivity index (χ4n) is 3.53. The third-order valence-electron chi connectivity index (χ3n) is 5.26. The van der Waals surface area contributed by atoms with Crippen molar-refractivity contribution in [3.63, 3.8) is 0 Å². The predicted octanol–water partition coefficient (Wildman–Crippen LogP) is 6.48. The predicted molar refractivity (Wildman–Crippen MR) is 136 cm³/mol. The molecule has 168 valence electrons. The van der Waals surface area contributed by atoms with Gasteiger partial charge >= 0.3 is 0 Å². The van der Waals surface area contributed by atoms with Crippen LogP contribution in [0, 0.1) is 13.8 Å². The van der Waals surface area contributed by atoms with Crippen LogP contribution in [0.2, 0.25) is 5.02 Å². The van der Waals surface area contributed by atoms with Gasteiger partial charge in [0.25, 0.3) is 0 Å². The lowest BCUT2D eigenvalue weighted by Gasteiger charge is -2.09. The summed E-state index contributed by atoms with van der Waals surface area (Å²) in [6.07, 6.45) is 5.36. The zero-order valence-corrected chi connectivity index (χ0v) is 19.5. The summed E-state index contributed by atoms with van der Waals surface area (Å²) in [6, 6.07) is 21.9. The number of aromatic nitrogens is 5. The van der Waals surface area contributed by atoms with E-state index < -0.39 is 0 Å². The SMILES string of the molecule is Cc1cc(Nc2ccc(-c3cn(-c4ccc(Nc5cc(C)ncc5Cl)cc4)nn3)cc2)ccn1. The highest BCUT2D eigenvalue weighted by Gasteiger charge is 2.07. The Morgan fingerprint density at radius 2 is 1.47 bits per heavy atom. The summed E-state index contributed by atoms with van der Waals surface area (Å²) in [5.41, 5.74) is 8.31. The average Bonchev–Trinajstić information content (AvgIpc) is 3.33. The summed E-state index contributed by atoms with van der Waals surface area (Å²) in [6.45, 7) is 3.90. The monoisotopic (exact) mass is 467 g/mol. The van der Waals surface area contributed by atoms with Crippen LogP contribution in [0.5, 0.6) is 0 Å². The number of benzene rings is 2. The molecule has 0 aliphatic carbocycles. The van der Waals surface area contributed by atoms with E-state index in [-0.39, 0.29) is 0 Å². The second kappa shape index (κ2) is 9.33. The van der Waals surface area contributed by atoms with Crippen molar-refractivity contribution in [2.75, 3.05) is 10.6 Å². The molecule has 5 aromatic rings. The van der Waals surface area contributed by atoms with E-state index in [9.17, 15) is 0 Å². The molecule has 0 unspecified atom stereocenters. The Hall–Kier alpha value is -4.23. The molecule has 7 nitrogen and oxygen atoms in total. The van der Waals surface area contributed by atoms with Crippen molar-refractivity contribution in [3.8, 4) is 16.9 Å². The minimum atomic E-state index is 0.577. The van der Waals surface area contributed by atoms with Gasteiger partial charge in [-0.3, -0.25) is 9.97 Å². The number of halogens is 1. The topological polar surface area (TPSA) is 80.5 Å². The number of hydrogen-bond donors (Lipinski definition) is 2. The summed E-state index contributed by atoms with van der Waals surface area (Å²) >= 11 is 6.24. The molecule has 0 fully saturated rings. The minimum Gasteiger partial charge on any atom is -0.355 e. The van der Waals surface area contributed by atoms with Crippen molar-refractivity contribution in [1.82, 2.24) is 25.0 Å². The van der Waals surface area contributed by atoms with Gasteiger partial charge in [0.2, 0.25) is 0 Å². The van der Waals surface area contributed by atoms with Crippen LogP contribution in [0.1, 0.15) is 11.4 Å². The van der Waals surface area contributed by atoms with Gasteiger partial charge < -0.3 is 10.6 Å². The fourth-order valence-corrected chi connectivity index (χ4v) is 3.68. The number of rotatable bonds is 6. The van der Waals surface area contributed by atoms with Crippen molar-refractivity contribution in [1.29, 1.82) is 0 Å². The summed E-state index contributed by atoms with van der Waals surface area (Å²) in [5.74, 6) is 0. The second-order valence-corrected chi connectivity index (χ2v) is 8.32. The second-order valence-electron chi connectivity index (χ2n) is 7.91. The highest BCUT2D eigenvalue weighted by atomic mass is 35.5. The first-order valence-electron chi connectivity index (χ1n) is 10.8. The van der Waals surface area contributed by atoms with Gasteiger partial charge in [0.15, 0.2) is 0 Å². The van der Waals surface area contributed by atoms with Gasteiger partial charge in [0.1, 0.15) is 5.69 Å².